The van der Waals surface area contributed by atoms with Gasteiger partial charge in [0.1, 0.15) is 12.6 Å². The third kappa shape index (κ3) is 5.43. The maximum absolute atomic E-state index is 11.8. The third-order valence-corrected chi connectivity index (χ3v) is 3.17. The van der Waals surface area contributed by atoms with E-state index in [0.717, 1.165) is 11.1 Å². The predicted octanol–water partition coefficient (Wildman–Crippen LogP) is 1.37. The van der Waals surface area contributed by atoms with E-state index in [1.54, 1.807) is 14.0 Å². The number of hydrogen-bond acceptors (Lipinski definition) is 5. The van der Waals surface area contributed by atoms with E-state index in [2.05, 4.69) is 15.4 Å². The maximum Gasteiger partial charge on any atom is 0.408 e. The fourth-order valence-electron chi connectivity index (χ4n) is 1.68. The fraction of sp³-hybridized carbons (Fsp3) is 0.467. The molecule has 1 rings (SSSR count). The topological polar surface area (TPSA) is 76.7 Å². The smallest absolute Gasteiger partial charge is 0.408 e. The lowest BCUT2D eigenvalue weighted by molar-refractivity contribution is -0.143. The summed E-state index contributed by atoms with van der Waals surface area (Å²) >= 11 is 0. The van der Waals surface area contributed by atoms with Crippen molar-refractivity contribution in [3.63, 3.8) is 0 Å². The average Bonchev–Trinajstić information content (AvgIpc) is 2.50. The van der Waals surface area contributed by atoms with Gasteiger partial charge < -0.3 is 20.1 Å². The predicted molar refractivity (Wildman–Crippen MR) is 78.8 cm³/mol. The first-order valence-electron chi connectivity index (χ1n) is 6.72. The summed E-state index contributed by atoms with van der Waals surface area (Å²) in [6.07, 6.45) is -0.659. The zero-order valence-electron chi connectivity index (χ0n) is 12.8. The molecule has 0 radical (unpaired) electrons. The lowest BCUT2D eigenvalue weighted by atomic mass is 10.1. The monoisotopic (exact) mass is 294 g/mol. The summed E-state index contributed by atoms with van der Waals surface area (Å²) in [6.45, 7) is 3.90. The molecule has 0 saturated heterocycles. The van der Waals surface area contributed by atoms with Crippen LogP contribution >= 0.6 is 0 Å². The minimum atomic E-state index is -0.800. The van der Waals surface area contributed by atoms with Crippen LogP contribution in [0.4, 0.5) is 4.79 Å². The molecule has 116 valence electrons. The molecular weight excluding hydrogens is 272 g/mol. The first-order valence-corrected chi connectivity index (χ1v) is 6.72. The van der Waals surface area contributed by atoms with Gasteiger partial charge in [-0.15, -0.1) is 0 Å². The molecule has 0 saturated carbocycles. The summed E-state index contributed by atoms with van der Waals surface area (Å²) in [6, 6.07) is 6.58. The molecule has 0 unspecified atom stereocenters. The Hall–Kier alpha value is -2.08. The normalized spacial score (nSPS) is 13.1. The van der Waals surface area contributed by atoms with Crippen molar-refractivity contribution in [2.45, 2.75) is 32.5 Å². The summed E-state index contributed by atoms with van der Waals surface area (Å²) in [5.74, 6) is -0.524. The number of carbonyl (C=O) groups is 2. The lowest BCUT2D eigenvalue weighted by Gasteiger charge is -2.22. The molecule has 0 bridgehead atoms. The molecule has 1 amide bonds. The highest BCUT2D eigenvalue weighted by Gasteiger charge is 2.27. The van der Waals surface area contributed by atoms with E-state index in [9.17, 15) is 9.59 Å². The molecule has 0 aliphatic rings. The minimum Gasteiger partial charge on any atom is -0.467 e. The summed E-state index contributed by atoms with van der Waals surface area (Å²) in [7, 11) is 2.97. The van der Waals surface area contributed by atoms with E-state index in [-0.39, 0.29) is 12.6 Å². The highest BCUT2D eigenvalue weighted by molar-refractivity contribution is 5.82. The zero-order valence-corrected chi connectivity index (χ0v) is 12.8. The first kappa shape index (κ1) is 17.0. The Balaban J connectivity index is 2.53. The van der Waals surface area contributed by atoms with Crippen molar-refractivity contribution in [2.75, 3.05) is 14.2 Å². The van der Waals surface area contributed by atoms with Gasteiger partial charge in [-0.25, -0.2) is 9.59 Å². The van der Waals surface area contributed by atoms with E-state index in [4.69, 9.17) is 4.74 Å². The standard InChI is InChI=1S/C15H22N2O4/c1-10-5-7-12(8-6-10)9-21-15(19)17-13(11(2)16-3)14(18)20-4/h5-8,11,13,16H,9H2,1-4H3,(H,17,19)/t11-,13-/m1/s1. The first-order chi connectivity index (χ1) is 9.97. The number of esters is 1. The van der Waals surface area contributed by atoms with Crippen LogP contribution in [0.1, 0.15) is 18.1 Å². The number of amides is 1. The van der Waals surface area contributed by atoms with Crippen LogP contribution in [-0.4, -0.2) is 38.3 Å². The summed E-state index contributed by atoms with van der Waals surface area (Å²) < 4.78 is 9.77. The number of ether oxygens (including phenoxy) is 2. The number of hydrogen-bond donors (Lipinski definition) is 2. The Labute approximate surface area is 124 Å². The van der Waals surface area contributed by atoms with Gasteiger partial charge in [0.2, 0.25) is 0 Å². The SMILES string of the molecule is CN[C@H](C)[C@@H](NC(=O)OCc1ccc(C)cc1)C(=O)OC. The number of nitrogens with one attached hydrogen (secondary N) is 2. The molecule has 2 N–H and O–H groups in total. The molecule has 0 aliphatic heterocycles. The van der Waals surface area contributed by atoms with E-state index in [1.807, 2.05) is 31.2 Å². The van der Waals surface area contributed by atoms with Gasteiger partial charge in [0.15, 0.2) is 0 Å². The Kier molecular flexibility index (Phi) is 6.68. The maximum atomic E-state index is 11.8. The molecule has 21 heavy (non-hydrogen) atoms. The second kappa shape index (κ2) is 8.26. The molecule has 0 heterocycles. The molecule has 0 aliphatic carbocycles. The van der Waals surface area contributed by atoms with Crippen LogP contribution in [0.2, 0.25) is 0 Å². The Morgan fingerprint density at radius 2 is 1.86 bits per heavy atom. The van der Waals surface area contributed by atoms with Crippen LogP contribution in [-0.2, 0) is 20.9 Å². The molecule has 0 fully saturated rings. The highest BCUT2D eigenvalue weighted by Crippen LogP contribution is 2.05. The number of methoxy groups -OCH3 is 1. The summed E-state index contributed by atoms with van der Waals surface area (Å²) in [5, 5.41) is 5.40. The van der Waals surface area contributed by atoms with Crippen LogP contribution in [0.25, 0.3) is 0 Å². The molecule has 6 nitrogen and oxygen atoms in total. The van der Waals surface area contributed by atoms with Crippen molar-refractivity contribution in [1.29, 1.82) is 0 Å². The van der Waals surface area contributed by atoms with E-state index in [0.29, 0.717) is 0 Å². The minimum absolute atomic E-state index is 0.147. The molecule has 0 aromatic heterocycles. The van der Waals surface area contributed by atoms with E-state index in [1.165, 1.54) is 7.11 Å². The molecule has 1 aromatic rings. The number of rotatable bonds is 6. The van der Waals surface area contributed by atoms with Crippen LogP contribution in [0.15, 0.2) is 24.3 Å². The van der Waals surface area contributed by atoms with Crippen molar-refractivity contribution in [3.05, 3.63) is 35.4 Å². The van der Waals surface area contributed by atoms with Crippen molar-refractivity contribution in [2.24, 2.45) is 0 Å². The van der Waals surface area contributed by atoms with Crippen molar-refractivity contribution in [3.8, 4) is 0 Å². The number of carbonyl (C=O) groups excluding carboxylic acids is 2. The highest BCUT2D eigenvalue weighted by atomic mass is 16.6. The van der Waals surface area contributed by atoms with Crippen molar-refractivity contribution >= 4 is 12.1 Å². The van der Waals surface area contributed by atoms with Gasteiger partial charge in [0.25, 0.3) is 0 Å². The lowest BCUT2D eigenvalue weighted by Crippen LogP contribution is -2.52. The molecule has 2 atom stereocenters. The van der Waals surface area contributed by atoms with Gasteiger partial charge in [-0.3, -0.25) is 0 Å². The number of likely N-dealkylation sites (N-methyl/N-ethyl adjacent to an activating group) is 1. The Bertz CT molecular complexity index is 473. The van der Waals surface area contributed by atoms with Gasteiger partial charge in [-0.1, -0.05) is 29.8 Å². The van der Waals surface area contributed by atoms with Crippen LogP contribution in [0.3, 0.4) is 0 Å². The van der Waals surface area contributed by atoms with Crippen molar-refractivity contribution < 1.29 is 19.1 Å². The van der Waals surface area contributed by atoms with Gasteiger partial charge in [-0.2, -0.15) is 0 Å². The molecule has 1 aromatic carbocycles. The van der Waals surface area contributed by atoms with E-state index >= 15 is 0 Å². The van der Waals surface area contributed by atoms with Gasteiger partial charge in [-0.05, 0) is 26.5 Å². The summed E-state index contributed by atoms with van der Waals surface area (Å²) in [4.78, 5) is 23.4. The number of benzene rings is 1. The Morgan fingerprint density at radius 3 is 2.38 bits per heavy atom. The van der Waals surface area contributed by atoms with Gasteiger partial charge >= 0.3 is 12.1 Å². The molecule has 6 heteroatoms. The average molecular weight is 294 g/mol. The number of aryl methyl sites for hydroxylation is 1. The van der Waals surface area contributed by atoms with Crippen LogP contribution < -0.4 is 10.6 Å². The number of alkyl carbamates (subject to hydrolysis) is 1. The quantitative estimate of drug-likeness (QED) is 0.775. The summed E-state index contributed by atoms with van der Waals surface area (Å²) in [5.41, 5.74) is 2.02. The van der Waals surface area contributed by atoms with E-state index < -0.39 is 18.1 Å². The zero-order chi connectivity index (χ0) is 15.8. The van der Waals surface area contributed by atoms with Gasteiger partial charge in [0.05, 0.1) is 7.11 Å². The molecular formula is C15H22N2O4. The second-order valence-electron chi connectivity index (χ2n) is 4.78. The Morgan fingerprint density at radius 1 is 1.24 bits per heavy atom. The second-order valence-corrected chi connectivity index (χ2v) is 4.78. The van der Waals surface area contributed by atoms with Crippen molar-refractivity contribution in [1.82, 2.24) is 10.6 Å². The molecule has 0 spiro atoms. The van der Waals surface area contributed by atoms with Crippen LogP contribution in [0.5, 0.6) is 0 Å². The fourth-order valence-corrected chi connectivity index (χ4v) is 1.68. The van der Waals surface area contributed by atoms with Crippen LogP contribution in [0, 0.1) is 6.92 Å². The third-order valence-electron chi connectivity index (χ3n) is 3.17. The van der Waals surface area contributed by atoms with Gasteiger partial charge in [0, 0.05) is 6.04 Å². The largest absolute Gasteiger partial charge is 0.467 e.